The van der Waals surface area contributed by atoms with E-state index in [1.807, 2.05) is 54.6 Å². The van der Waals surface area contributed by atoms with Crippen LogP contribution >= 0.6 is 0 Å². The summed E-state index contributed by atoms with van der Waals surface area (Å²) in [5.74, 6) is 0. The monoisotopic (exact) mass is 428 g/mol. The maximum atomic E-state index is 12.8. The minimum Gasteiger partial charge on any atom is -0.305 e. The molecule has 0 unspecified atom stereocenters. The van der Waals surface area contributed by atoms with Gasteiger partial charge >= 0.3 is 0 Å². The largest absolute Gasteiger partial charge is 0.305 e. The average molecular weight is 428 g/mol. The Morgan fingerprint density at radius 3 is 2.42 bits per heavy atom. The molecule has 0 spiro atoms. The number of aromatic amines is 1. The molecule has 0 radical (unpaired) electrons. The zero-order chi connectivity index (χ0) is 22.2. The minimum absolute atomic E-state index is 0.291. The molecule has 7 heteroatoms. The van der Waals surface area contributed by atoms with Crippen molar-refractivity contribution in [1.29, 1.82) is 0 Å². The second kappa shape index (κ2) is 7.72. The minimum atomic E-state index is -0.291. The van der Waals surface area contributed by atoms with Gasteiger partial charge in [-0.1, -0.05) is 42.5 Å². The van der Waals surface area contributed by atoms with Gasteiger partial charge in [-0.05, 0) is 24.3 Å². The number of fused-ring (bicyclic) bond motifs is 2. The van der Waals surface area contributed by atoms with Gasteiger partial charge in [0.2, 0.25) is 0 Å². The van der Waals surface area contributed by atoms with Crippen molar-refractivity contribution in [2.24, 2.45) is 0 Å². The Morgan fingerprint density at radius 2 is 1.58 bits per heavy atom. The Labute approximate surface area is 187 Å². The van der Waals surface area contributed by atoms with Crippen LogP contribution in [0.3, 0.4) is 0 Å². The summed E-state index contributed by atoms with van der Waals surface area (Å²) in [6.45, 7) is 0. The van der Waals surface area contributed by atoms with Crippen molar-refractivity contribution < 1.29 is 0 Å². The first-order valence-corrected chi connectivity index (χ1v) is 10.4. The normalized spacial score (nSPS) is 11.2. The molecule has 33 heavy (non-hydrogen) atoms. The lowest BCUT2D eigenvalue weighted by Gasteiger charge is -2.11. The summed E-state index contributed by atoms with van der Waals surface area (Å²) in [4.78, 5) is 38.2. The van der Waals surface area contributed by atoms with Crippen molar-refractivity contribution in [2.75, 3.05) is 0 Å². The lowest BCUT2D eigenvalue weighted by Crippen LogP contribution is -2.11. The van der Waals surface area contributed by atoms with E-state index in [9.17, 15) is 4.79 Å². The molecule has 0 fully saturated rings. The number of hydrogen-bond acceptors (Lipinski definition) is 6. The molecule has 0 bridgehead atoms. The first kappa shape index (κ1) is 18.9. The molecule has 0 atom stereocenters. The SMILES string of the molecule is O=c1[nH]c2nc(-c3ccccc3)c(-c3ccc4ncccc4c3)nc2cc1-c1cnccn1. The van der Waals surface area contributed by atoms with E-state index in [4.69, 9.17) is 9.97 Å². The van der Waals surface area contributed by atoms with Gasteiger partial charge < -0.3 is 4.98 Å². The zero-order valence-electron chi connectivity index (χ0n) is 17.3. The van der Waals surface area contributed by atoms with Crippen LogP contribution in [0.4, 0.5) is 0 Å². The van der Waals surface area contributed by atoms with Crippen LogP contribution in [-0.4, -0.2) is 29.9 Å². The molecule has 0 amide bonds. The van der Waals surface area contributed by atoms with Gasteiger partial charge in [-0.3, -0.25) is 19.7 Å². The number of aromatic nitrogens is 6. The van der Waals surface area contributed by atoms with Crippen molar-refractivity contribution in [3.05, 3.63) is 102 Å². The number of nitrogens with one attached hydrogen (secondary N) is 1. The number of H-pyrrole nitrogens is 1. The van der Waals surface area contributed by atoms with Crippen LogP contribution in [0, 0.1) is 0 Å². The lowest BCUT2D eigenvalue weighted by atomic mass is 10.0. The molecule has 6 rings (SSSR count). The first-order valence-electron chi connectivity index (χ1n) is 10.4. The molecule has 0 aliphatic carbocycles. The maximum absolute atomic E-state index is 12.8. The van der Waals surface area contributed by atoms with Crippen LogP contribution in [0.25, 0.3) is 55.8 Å². The third-order valence-corrected chi connectivity index (χ3v) is 5.44. The van der Waals surface area contributed by atoms with Gasteiger partial charge in [0.25, 0.3) is 5.56 Å². The van der Waals surface area contributed by atoms with E-state index in [-0.39, 0.29) is 5.56 Å². The highest BCUT2D eigenvalue weighted by atomic mass is 16.1. The number of benzene rings is 2. The summed E-state index contributed by atoms with van der Waals surface area (Å²) < 4.78 is 0. The summed E-state index contributed by atoms with van der Waals surface area (Å²) >= 11 is 0. The van der Waals surface area contributed by atoms with E-state index in [1.165, 1.54) is 0 Å². The second-order valence-electron chi connectivity index (χ2n) is 7.53. The van der Waals surface area contributed by atoms with E-state index in [2.05, 4.69) is 26.0 Å². The molecule has 156 valence electrons. The smallest absolute Gasteiger partial charge is 0.259 e. The highest BCUT2D eigenvalue weighted by Crippen LogP contribution is 2.32. The predicted molar refractivity (Wildman–Crippen MR) is 127 cm³/mol. The molecule has 4 aromatic heterocycles. The summed E-state index contributed by atoms with van der Waals surface area (Å²) in [6.07, 6.45) is 6.45. The van der Waals surface area contributed by atoms with Gasteiger partial charge in [0.1, 0.15) is 5.52 Å². The Hall–Kier alpha value is -4.78. The standard InChI is InChI=1S/C26H16N6O/c33-26-19(22-15-27-11-12-29-22)14-21-25(32-26)31-23(16-5-2-1-3-6-16)24(30-21)18-8-9-20-17(13-18)7-4-10-28-20/h1-15H,(H,31,32,33). The zero-order valence-corrected chi connectivity index (χ0v) is 17.3. The quantitative estimate of drug-likeness (QED) is 0.440. The third-order valence-electron chi connectivity index (χ3n) is 5.44. The molecule has 1 N–H and O–H groups in total. The van der Waals surface area contributed by atoms with Crippen LogP contribution in [0.2, 0.25) is 0 Å². The van der Waals surface area contributed by atoms with Gasteiger partial charge in [0.05, 0.1) is 34.4 Å². The van der Waals surface area contributed by atoms with Crippen molar-refractivity contribution in [3.63, 3.8) is 0 Å². The number of hydrogen-bond donors (Lipinski definition) is 1. The van der Waals surface area contributed by atoms with Gasteiger partial charge in [0, 0.05) is 35.1 Å². The van der Waals surface area contributed by atoms with E-state index >= 15 is 0 Å². The van der Waals surface area contributed by atoms with E-state index in [1.54, 1.807) is 30.9 Å². The van der Waals surface area contributed by atoms with Gasteiger partial charge in [-0.2, -0.15) is 0 Å². The summed E-state index contributed by atoms with van der Waals surface area (Å²) in [5, 5.41) is 1.01. The third kappa shape index (κ3) is 3.41. The van der Waals surface area contributed by atoms with E-state index in [0.717, 1.165) is 27.7 Å². The highest BCUT2D eigenvalue weighted by Gasteiger charge is 2.16. The molecule has 0 saturated heterocycles. The van der Waals surface area contributed by atoms with Gasteiger partial charge in [-0.25, -0.2) is 9.97 Å². The van der Waals surface area contributed by atoms with Crippen molar-refractivity contribution in [1.82, 2.24) is 29.9 Å². The number of rotatable bonds is 3. The van der Waals surface area contributed by atoms with Crippen LogP contribution in [0.5, 0.6) is 0 Å². The predicted octanol–water partition coefficient (Wildman–Crippen LogP) is 4.66. The summed E-state index contributed by atoms with van der Waals surface area (Å²) in [6, 6.07) is 21.5. The van der Waals surface area contributed by atoms with Crippen LogP contribution in [0.15, 0.2) is 96.3 Å². The van der Waals surface area contributed by atoms with Crippen LogP contribution < -0.4 is 5.56 Å². The lowest BCUT2D eigenvalue weighted by molar-refractivity contribution is 1.16. The van der Waals surface area contributed by atoms with E-state index < -0.39 is 0 Å². The van der Waals surface area contributed by atoms with Gasteiger partial charge in [-0.15, -0.1) is 0 Å². The number of pyridine rings is 2. The van der Waals surface area contributed by atoms with Crippen LogP contribution in [0.1, 0.15) is 0 Å². The number of nitrogens with zero attached hydrogens (tertiary/aromatic N) is 5. The summed E-state index contributed by atoms with van der Waals surface area (Å²) in [7, 11) is 0. The Balaban J connectivity index is 1.64. The Kier molecular flexibility index (Phi) is 4.43. The molecule has 0 aliphatic rings. The fraction of sp³-hybridized carbons (Fsp3) is 0. The molecule has 7 nitrogen and oxygen atoms in total. The molecule has 4 heterocycles. The van der Waals surface area contributed by atoms with Crippen molar-refractivity contribution >= 4 is 22.1 Å². The van der Waals surface area contributed by atoms with E-state index in [0.29, 0.717) is 28.1 Å². The first-order chi connectivity index (χ1) is 16.3. The van der Waals surface area contributed by atoms with Gasteiger partial charge in [0.15, 0.2) is 5.65 Å². The maximum Gasteiger partial charge on any atom is 0.259 e. The summed E-state index contributed by atoms with van der Waals surface area (Å²) in [5.41, 5.74) is 5.70. The molecular weight excluding hydrogens is 412 g/mol. The molecule has 6 aromatic rings. The molecule has 0 saturated carbocycles. The molecule has 2 aromatic carbocycles. The van der Waals surface area contributed by atoms with Crippen molar-refractivity contribution in [2.45, 2.75) is 0 Å². The highest BCUT2D eigenvalue weighted by molar-refractivity contribution is 5.90. The molecule has 0 aliphatic heterocycles. The Bertz CT molecular complexity index is 1680. The second-order valence-corrected chi connectivity index (χ2v) is 7.53. The van der Waals surface area contributed by atoms with Crippen LogP contribution in [-0.2, 0) is 0 Å². The fourth-order valence-corrected chi connectivity index (χ4v) is 3.87. The Morgan fingerprint density at radius 1 is 0.697 bits per heavy atom. The molecular formula is C26H16N6O. The van der Waals surface area contributed by atoms with Crippen molar-refractivity contribution in [3.8, 4) is 33.8 Å². The topological polar surface area (TPSA) is 97.3 Å². The fourth-order valence-electron chi connectivity index (χ4n) is 3.87. The average Bonchev–Trinajstić information content (AvgIpc) is 2.88.